The molecule has 4 heteroatoms. The molecule has 3 aromatic rings. The van der Waals surface area contributed by atoms with Gasteiger partial charge < -0.3 is 15.2 Å². The Bertz CT molecular complexity index is 1120. The van der Waals surface area contributed by atoms with E-state index in [0.29, 0.717) is 11.4 Å². The molecule has 0 fully saturated rings. The van der Waals surface area contributed by atoms with Crippen molar-refractivity contribution in [2.45, 2.75) is 65.2 Å². The molecule has 0 aliphatic rings. The van der Waals surface area contributed by atoms with E-state index in [1.165, 1.54) is 17.7 Å². The lowest BCUT2D eigenvalue weighted by Gasteiger charge is -2.30. The van der Waals surface area contributed by atoms with Gasteiger partial charge in [-0.15, -0.1) is 0 Å². The summed E-state index contributed by atoms with van der Waals surface area (Å²) in [5.41, 5.74) is 3.26. The number of ether oxygens (including phenoxy) is 1. The summed E-state index contributed by atoms with van der Waals surface area (Å²) < 4.78 is 6.37. The van der Waals surface area contributed by atoms with E-state index in [2.05, 4.69) is 59.0 Å². The lowest BCUT2D eigenvalue weighted by Crippen LogP contribution is -2.21. The first-order valence-corrected chi connectivity index (χ1v) is 11.6. The summed E-state index contributed by atoms with van der Waals surface area (Å²) >= 11 is 0. The minimum atomic E-state index is -0.341. The molecule has 0 bridgehead atoms. The maximum Gasteiger partial charge on any atom is 0.259 e. The first-order chi connectivity index (χ1) is 15.6. The van der Waals surface area contributed by atoms with Gasteiger partial charge in [0.15, 0.2) is 0 Å². The summed E-state index contributed by atoms with van der Waals surface area (Å²) in [5.74, 6) is 0.788. The molecule has 4 nitrogen and oxygen atoms in total. The highest BCUT2D eigenvalue weighted by Gasteiger charge is 2.27. The topological polar surface area (TPSA) is 58.6 Å². The van der Waals surface area contributed by atoms with Crippen LogP contribution in [0.1, 0.15) is 75.9 Å². The number of phenolic OH excluding ortho intramolecular Hbond substituents is 1. The first kappa shape index (κ1) is 24.4. The van der Waals surface area contributed by atoms with E-state index in [9.17, 15) is 9.90 Å². The predicted molar refractivity (Wildman–Crippen MR) is 136 cm³/mol. The van der Waals surface area contributed by atoms with Gasteiger partial charge in [-0.3, -0.25) is 4.79 Å². The molecule has 0 atom stereocenters. The van der Waals surface area contributed by atoms with Gasteiger partial charge in [-0.05, 0) is 65.6 Å². The molecular formula is C29H35NO3. The number of nitrogens with one attached hydrogen (secondary N) is 1. The number of aromatic hydroxyl groups is 1. The van der Waals surface area contributed by atoms with Crippen molar-refractivity contribution in [2.24, 2.45) is 0 Å². The molecular weight excluding hydrogens is 410 g/mol. The van der Waals surface area contributed by atoms with Crippen LogP contribution < -0.4 is 10.1 Å². The second-order valence-electron chi connectivity index (χ2n) is 9.79. The minimum Gasteiger partial charge on any atom is -0.508 e. The third-order valence-electron chi connectivity index (χ3n) is 6.72. The number of para-hydroxylation sites is 1. The third kappa shape index (κ3) is 5.57. The van der Waals surface area contributed by atoms with Crippen LogP contribution in [0.15, 0.2) is 66.7 Å². The van der Waals surface area contributed by atoms with E-state index >= 15 is 0 Å². The van der Waals surface area contributed by atoms with E-state index in [0.717, 1.165) is 24.2 Å². The van der Waals surface area contributed by atoms with Gasteiger partial charge in [-0.25, -0.2) is 0 Å². The second-order valence-corrected chi connectivity index (χ2v) is 9.79. The lowest BCUT2D eigenvalue weighted by molar-refractivity contribution is 0.102. The fourth-order valence-corrected chi connectivity index (χ4v) is 3.59. The predicted octanol–water partition coefficient (Wildman–Crippen LogP) is 7.81. The van der Waals surface area contributed by atoms with Crippen molar-refractivity contribution >= 4 is 11.6 Å². The molecule has 0 aromatic heterocycles. The molecule has 0 aliphatic carbocycles. The average Bonchev–Trinajstić information content (AvgIpc) is 2.80. The maximum absolute atomic E-state index is 13.0. The van der Waals surface area contributed by atoms with Crippen molar-refractivity contribution in [1.82, 2.24) is 0 Å². The van der Waals surface area contributed by atoms with E-state index in [-0.39, 0.29) is 28.1 Å². The zero-order chi connectivity index (χ0) is 24.2. The van der Waals surface area contributed by atoms with E-state index < -0.39 is 0 Å². The fraction of sp³-hybridized carbons (Fsp3) is 0.345. The Hall–Kier alpha value is -3.27. The van der Waals surface area contributed by atoms with Crippen molar-refractivity contribution in [3.63, 3.8) is 0 Å². The number of carbonyl (C=O) groups excluding carboxylic acids is 1. The molecule has 3 rings (SSSR count). The van der Waals surface area contributed by atoms with Crippen molar-refractivity contribution < 1.29 is 14.6 Å². The van der Waals surface area contributed by atoms with E-state index in [1.807, 2.05) is 36.4 Å². The molecule has 0 spiro atoms. The Morgan fingerprint density at radius 3 is 2.12 bits per heavy atom. The molecule has 1 amide bonds. The summed E-state index contributed by atoms with van der Waals surface area (Å²) in [6.45, 7) is 13.3. The van der Waals surface area contributed by atoms with Gasteiger partial charge in [0.25, 0.3) is 5.91 Å². The maximum atomic E-state index is 13.0. The summed E-state index contributed by atoms with van der Waals surface area (Å²) in [6, 6.07) is 20.2. The highest BCUT2D eigenvalue weighted by molar-refractivity contribution is 6.06. The van der Waals surface area contributed by atoms with Gasteiger partial charge in [0, 0.05) is 11.3 Å². The molecule has 0 aliphatic heterocycles. The Kier molecular flexibility index (Phi) is 7.16. The molecule has 0 saturated heterocycles. The molecule has 0 radical (unpaired) electrons. The van der Waals surface area contributed by atoms with Crippen LogP contribution in [0.3, 0.4) is 0 Å². The minimum absolute atomic E-state index is 0.00900. The number of carbonyl (C=O) groups is 1. The number of hydrogen-bond acceptors (Lipinski definition) is 3. The first-order valence-electron chi connectivity index (χ1n) is 11.6. The van der Waals surface area contributed by atoms with Crippen LogP contribution in [-0.2, 0) is 10.8 Å². The van der Waals surface area contributed by atoms with Gasteiger partial charge in [0.2, 0.25) is 0 Å². The van der Waals surface area contributed by atoms with Crippen LogP contribution in [0.5, 0.6) is 17.2 Å². The zero-order valence-corrected chi connectivity index (χ0v) is 20.5. The summed E-state index contributed by atoms with van der Waals surface area (Å²) in [5, 5.41) is 12.9. The van der Waals surface area contributed by atoms with E-state index in [1.54, 1.807) is 6.07 Å². The normalized spacial score (nSPS) is 11.8. The van der Waals surface area contributed by atoms with Gasteiger partial charge >= 0.3 is 0 Å². The monoisotopic (exact) mass is 445 g/mol. The summed E-state index contributed by atoms with van der Waals surface area (Å²) in [4.78, 5) is 13.0. The Morgan fingerprint density at radius 2 is 1.48 bits per heavy atom. The van der Waals surface area contributed by atoms with Crippen LogP contribution in [0.4, 0.5) is 5.69 Å². The van der Waals surface area contributed by atoms with Crippen molar-refractivity contribution in [3.05, 3.63) is 83.4 Å². The van der Waals surface area contributed by atoms with Crippen LogP contribution in [-0.4, -0.2) is 11.0 Å². The standard InChI is InChI=1S/C29H35NO3/c1-7-28(3,4)20-14-16-26(24(18-20)29(5,6)8-2)33-25-17-15-22(31)19-23(25)27(32)30-21-12-10-9-11-13-21/h9-19,31H,7-8H2,1-6H3,(H,30,32). The molecule has 0 unspecified atom stereocenters. The second kappa shape index (κ2) is 9.70. The summed E-state index contributed by atoms with van der Waals surface area (Å²) in [7, 11) is 0. The van der Waals surface area contributed by atoms with Crippen LogP contribution >= 0.6 is 0 Å². The van der Waals surface area contributed by atoms with Crippen molar-refractivity contribution in [3.8, 4) is 17.2 Å². The van der Waals surface area contributed by atoms with Crippen molar-refractivity contribution in [2.75, 3.05) is 5.32 Å². The largest absolute Gasteiger partial charge is 0.508 e. The summed E-state index contributed by atoms with van der Waals surface area (Å²) in [6.07, 6.45) is 1.97. The van der Waals surface area contributed by atoms with E-state index in [4.69, 9.17) is 4.74 Å². The quantitative estimate of drug-likeness (QED) is 0.372. The lowest BCUT2D eigenvalue weighted by atomic mass is 9.76. The number of benzene rings is 3. The van der Waals surface area contributed by atoms with Gasteiger partial charge in [0.05, 0.1) is 5.56 Å². The fourth-order valence-electron chi connectivity index (χ4n) is 3.59. The highest BCUT2D eigenvalue weighted by atomic mass is 16.5. The average molecular weight is 446 g/mol. The zero-order valence-electron chi connectivity index (χ0n) is 20.5. The molecule has 33 heavy (non-hydrogen) atoms. The Balaban J connectivity index is 2.03. The smallest absolute Gasteiger partial charge is 0.259 e. The van der Waals surface area contributed by atoms with Crippen LogP contribution in [0.25, 0.3) is 0 Å². The molecule has 0 heterocycles. The van der Waals surface area contributed by atoms with Crippen LogP contribution in [0.2, 0.25) is 0 Å². The highest BCUT2D eigenvalue weighted by Crippen LogP contribution is 2.41. The third-order valence-corrected chi connectivity index (χ3v) is 6.72. The van der Waals surface area contributed by atoms with Gasteiger partial charge in [0.1, 0.15) is 17.2 Å². The number of anilines is 1. The molecule has 2 N–H and O–H groups in total. The number of hydrogen-bond donors (Lipinski definition) is 2. The Morgan fingerprint density at radius 1 is 0.848 bits per heavy atom. The number of rotatable bonds is 8. The number of phenols is 1. The Labute approximate surface area is 197 Å². The molecule has 3 aromatic carbocycles. The number of amides is 1. The van der Waals surface area contributed by atoms with Crippen LogP contribution in [0, 0.1) is 0 Å². The molecule has 0 saturated carbocycles. The molecule has 174 valence electrons. The van der Waals surface area contributed by atoms with Gasteiger partial charge in [-0.1, -0.05) is 71.9 Å². The van der Waals surface area contributed by atoms with Crippen molar-refractivity contribution in [1.29, 1.82) is 0 Å². The SMILES string of the molecule is CCC(C)(C)c1ccc(Oc2ccc(O)cc2C(=O)Nc2ccccc2)c(C(C)(C)CC)c1. The van der Waals surface area contributed by atoms with Gasteiger partial charge in [-0.2, -0.15) is 0 Å².